The highest BCUT2D eigenvalue weighted by Crippen LogP contribution is 2.19. The van der Waals surface area contributed by atoms with Gasteiger partial charge in [0.15, 0.2) is 11.0 Å². The van der Waals surface area contributed by atoms with Crippen LogP contribution >= 0.6 is 23.5 Å². The van der Waals surface area contributed by atoms with Crippen LogP contribution in [0.3, 0.4) is 0 Å². The lowest BCUT2D eigenvalue weighted by Crippen LogP contribution is -2.29. The molecule has 1 atom stereocenters. The normalized spacial score (nSPS) is 11.9. The van der Waals surface area contributed by atoms with E-state index in [-0.39, 0.29) is 17.7 Å². The van der Waals surface area contributed by atoms with Gasteiger partial charge < -0.3 is 10.2 Å². The number of aromatic nitrogens is 3. The first-order chi connectivity index (χ1) is 13.3. The van der Waals surface area contributed by atoms with Crippen LogP contribution in [0.5, 0.6) is 0 Å². The number of hydrogen-bond donors (Lipinski definition) is 1. The van der Waals surface area contributed by atoms with Gasteiger partial charge in [0.25, 0.3) is 0 Å². The fourth-order valence-corrected chi connectivity index (χ4v) is 3.35. The Morgan fingerprint density at radius 2 is 1.93 bits per heavy atom. The molecule has 0 fully saturated rings. The number of thioether (sulfide) groups is 2. The third-order valence-electron chi connectivity index (χ3n) is 4.00. The van der Waals surface area contributed by atoms with Crippen LogP contribution < -0.4 is 5.32 Å². The Morgan fingerprint density at radius 1 is 1.25 bits per heavy atom. The van der Waals surface area contributed by atoms with Crippen LogP contribution in [-0.4, -0.2) is 63.0 Å². The van der Waals surface area contributed by atoms with Gasteiger partial charge in [-0.25, -0.2) is 9.78 Å². The van der Waals surface area contributed by atoms with E-state index in [1.54, 1.807) is 25.9 Å². The lowest BCUT2D eigenvalue weighted by atomic mass is 10.1. The summed E-state index contributed by atoms with van der Waals surface area (Å²) in [6.45, 7) is 4.59. The van der Waals surface area contributed by atoms with Gasteiger partial charge in [0.05, 0.1) is 5.75 Å². The standard InChI is InChI=1S/C19H27N5O2S2/c1-13-6-8-15(9-7-13)11-20-17(25)12-28-18-21-16(10-14(2)27-5)22-24(18)19(26)23(3)4/h6-9,14H,10-12H2,1-5H3,(H,20,25). The van der Waals surface area contributed by atoms with E-state index in [0.717, 1.165) is 5.56 Å². The maximum Gasteiger partial charge on any atom is 0.346 e. The minimum Gasteiger partial charge on any atom is -0.351 e. The number of nitrogens with zero attached hydrogens (tertiary/aromatic N) is 4. The van der Waals surface area contributed by atoms with Gasteiger partial charge in [0.1, 0.15) is 0 Å². The van der Waals surface area contributed by atoms with E-state index in [9.17, 15) is 9.59 Å². The van der Waals surface area contributed by atoms with Crippen LogP contribution in [0.4, 0.5) is 4.79 Å². The molecule has 1 N–H and O–H groups in total. The fourth-order valence-electron chi connectivity index (χ4n) is 2.26. The van der Waals surface area contributed by atoms with Crippen molar-refractivity contribution in [2.24, 2.45) is 0 Å². The molecule has 0 aliphatic rings. The van der Waals surface area contributed by atoms with Crippen molar-refractivity contribution in [2.45, 2.75) is 37.2 Å². The van der Waals surface area contributed by atoms with Gasteiger partial charge in [-0.3, -0.25) is 4.79 Å². The molecule has 0 radical (unpaired) electrons. The topological polar surface area (TPSA) is 80.1 Å². The second-order valence-corrected chi connectivity index (χ2v) is 8.92. The Kier molecular flexibility index (Phi) is 8.37. The molecule has 152 valence electrons. The van der Waals surface area contributed by atoms with E-state index in [1.165, 1.54) is 26.9 Å². The van der Waals surface area contributed by atoms with E-state index < -0.39 is 0 Å². The predicted octanol–water partition coefficient (Wildman–Crippen LogP) is 2.82. The van der Waals surface area contributed by atoms with Crippen molar-refractivity contribution in [3.8, 4) is 0 Å². The number of hydrogen-bond acceptors (Lipinski definition) is 6. The molecule has 1 aromatic heterocycles. The first-order valence-corrected chi connectivity index (χ1v) is 11.2. The van der Waals surface area contributed by atoms with E-state index in [1.807, 2.05) is 37.4 Å². The number of carbonyl (C=O) groups is 2. The van der Waals surface area contributed by atoms with Gasteiger partial charge >= 0.3 is 6.03 Å². The van der Waals surface area contributed by atoms with Crippen LogP contribution in [0.15, 0.2) is 29.4 Å². The largest absolute Gasteiger partial charge is 0.351 e. The second kappa shape index (κ2) is 10.5. The summed E-state index contributed by atoms with van der Waals surface area (Å²) in [7, 11) is 3.33. The molecule has 0 spiro atoms. The number of carbonyl (C=O) groups excluding carboxylic acids is 2. The molecule has 1 heterocycles. The number of aryl methyl sites for hydroxylation is 1. The van der Waals surface area contributed by atoms with Crippen LogP contribution in [0.2, 0.25) is 0 Å². The quantitative estimate of drug-likeness (QED) is 0.660. The third-order valence-corrected chi connectivity index (χ3v) is 5.90. The van der Waals surface area contributed by atoms with Crippen molar-refractivity contribution in [1.29, 1.82) is 0 Å². The summed E-state index contributed by atoms with van der Waals surface area (Å²) >= 11 is 2.93. The maximum atomic E-state index is 12.4. The Hall–Kier alpha value is -2.00. The summed E-state index contributed by atoms with van der Waals surface area (Å²) in [6, 6.07) is 7.74. The van der Waals surface area contributed by atoms with Gasteiger partial charge in [-0.05, 0) is 18.7 Å². The van der Waals surface area contributed by atoms with Crippen molar-refractivity contribution < 1.29 is 9.59 Å². The molecule has 28 heavy (non-hydrogen) atoms. The summed E-state index contributed by atoms with van der Waals surface area (Å²) in [5.74, 6) is 0.666. The Balaban J connectivity index is 1.99. The number of rotatable bonds is 8. The number of benzene rings is 1. The highest BCUT2D eigenvalue weighted by Gasteiger charge is 2.20. The summed E-state index contributed by atoms with van der Waals surface area (Å²) < 4.78 is 1.28. The van der Waals surface area contributed by atoms with E-state index in [4.69, 9.17) is 0 Å². The van der Waals surface area contributed by atoms with Gasteiger partial charge in [0.2, 0.25) is 5.91 Å². The van der Waals surface area contributed by atoms with Crippen molar-refractivity contribution in [2.75, 3.05) is 26.1 Å². The molecule has 1 aromatic carbocycles. The molecule has 2 aromatic rings. The molecule has 0 saturated heterocycles. The molecule has 9 heteroatoms. The van der Waals surface area contributed by atoms with Gasteiger partial charge in [-0.15, -0.1) is 5.10 Å². The zero-order valence-electron chi connectivity index (χ0n) is 16.9. The predicted molar refractivity (Wildman–Crippen MR) is 115 cm³/mol. The van der Waals surface area contributed by atoms with Crippen LogP contribution in [-0.2, 0) is 17.8 Å². The molecule has 0 aliphatic carbocycles. The summed E-state index contributed by atoms with van der Waals surface area (Å²) in [5.41, 5.74) is 2.23. The van der Waals surface area contributed by atoms with E-state index in [0.29, 0.717) is 29.2 Å². The number of nitrogens with one attached hydrogen (secondary N) is 1. The molecule has 2 amide bonds. The monoisotopic (exact) mass is 421 g/mol. The second-order valence-electron chi connectivity index (χ2n) is 6.70. The molecule has 0 bridgehead atoms. The van der Waals surface area contributed by atoms with Gasteiger partial charge in [-0.2, -0.15) is 16.4 Å². The lowest BCUT2D eigenvalue weighted by Gasteiger charge is -2.11. The molecular formula is C19H27N5O2S2. The SMILES string of the molecule is CSC(C)Cc1nc(SCC(=O)NCc2ccc(C)cc2)n(C(=O)N(C)C)n1. The first kappa shape index (κ1) is 22.3. The van der Waals surface area contributed by atoms with Gasteiger partial charge in [-0.1, -0.05) is 48.5 Å². The zero-order valence-corrected chi connectivity index (χ0v) is 18.6. The summed E-state index contributed by atoms with van der Waals surface area (Å²) in [4.78, 5) is 30.5. The third kappa shape index (κ3) is 6.56. The molecule has 0 aliphatic heterocycles. The highest BCUT2D eigenvalue weighted by molar-refractivity contribution is 7.99. The fraction of sp³-hybridized carbons (Fsp3) is 0.474. The van der Waals surface area contributed by atoms with Crippen molar-refractivity contribution in [3.63, 3.8) is 0 Å². The average Bonchev–Trinajstić information content (AvgIpc) is 3.07. The molecular weight excluding hydrogens is 394 g/mol. The summed E-state index contributed by atoms with van der Waals surface area (Å²) in [6.07, 6.45) is 2.70. The zero-order chi connectivity index (χ0) is 20.7. The minimum absolute atomic E-state index is 0.114. The van der Waals surface area contributed by atoms with Crippen LogP contribution in [0, 0.1) is 6.92 Å². The Labute approximate surface area is 174 Å². The number of amides is 2. The van der Waals surface area contributed by atoms with Crippen molar-refractivity contribution in [1.82, 2.24) is 25.0 Å². The summed E-state index contributed by atoms with van der Waals surface area (Å²) in [5, 5.41) is 8.03. The maximum absolute atomic E-state index is 12.4. The van der Waals surface area contributed by atoms with Crippen molar-refractivity contribution in [3.05, 3.63) is 41.2 Å². The first-order valence-electron chi connectivity index (χ1n) is 8.95. The molecule has 1 unspecified atom stereocenters. The average molecular weight is 422 g/mol. The lowest BCUT2D eigenvalue weighted by molar-refractivity contribution is -0.118. The van der Waals surface area contributed by atoms with Gasteiger partial charge in [0, 0.05) is 32.3 Å². The Morgan fingerprint density at radius 3 is 2.54 bits per heavy atom. The van der Waals surface area contributed by atoms with Crippen LogP contribution in [0.25, 0.3) is 0 Å². The smallest absolute Gasteiger partial charge is 0.346 e. The molecule has 0 saturated carbocycles. The van der Waals surface area contributed by atoms with Crippen LogP contribution in [0.1, 0.15) is 23.9 Å². The van der Waals surface area contributed by atoms with E-state index in [2.05, 4.69) is 22.3 Å². The Bertz CT molecular complexity index is 805. The van der Waals surface area contributed by atoms with E-state index >= 15 is 0 Å². The minimum atomic E-state index is -0.280. The highest BCUT2D eigenvalue weighted by atomic mass is 32.2. The molecule has 2 rings (SSSR count). The van der Waals surface area contributed by atoms with Crippen molar-refractivity contribution >= 4 is 35.5 Å². The molecule has 7 nitrogen and oxygen atoms in total.